The zero-order valence-corrected chi connectivity index (χ0v) is 21.8. The third kappa shape index (κ3) is 5.70. The fourth-order valence-corrected chi connectivity index (χ4v) is 4.39. The lowest BCUT2D eigenvalue weighted by atomic mass is 10.0. The molecule has 0 unspecified atom stereocenters. The van der Waals surface area contributed by atoms with E-state index in [1.807, 2.05) is 80.2 Å². The van der Waals surface area contributed by atoms with Crippen molar-refractivity contribution in [1.29, 1.82) is 0 Å². The molecule has 0 fully saturated rings. The Kier molecular flexibility index (Phi) is 7.06. The van der Waals surface area contributed by atoms with Crippen molar-refractivity contribution < 1.29 is 14.3 Å². The number of hydrogen-bond acceptors (Lipinski definition) is 4. The van der Waals surface area contributed by atoms with Crippen LogP contribution in [0.2, 0.25) is 0 Å². The van der Waals surface area contributed by atoms with Crippen LogP contribution in [0, 0.1) is 5.92 Å². The standard InChI is InChI=1S/C28H35N5O3/c1-17(2)24(25-29-20-12-8-9-13-21(20)30-25)32-26(34)22(31-27(35)36-28(3,4)5)15-18-16-33(6)23-14-10-7-11-19(18)23/h7-14,16-17,22,24H,15H2,1-6H3,(H,29,30)(H,31,35)(H,32,34)/t22-,24+/m0/s1. The highest BCUT2D eigenvalue weighted by atomic mass is 16.6. The van der Waals surface area contributed by atoms with Gasteiger partial charge in [0.25, 0.3) is 0 Å². The van der Waals surface area contributed by atoms with Crippen LogP contribution in [0.15, 0.2) is 54.7 Å². The van der Waals surface area contributed by atoms with E-state index in [2.05, 4.69) is 15.6 Å². The van der Waals surface area contributed by atoms with Crippen molar-refractivity contribution in [2.24, 2.45) is 13.0 Å². The summed E-state index contributed by atoms with van der Waals surface area (Å²) in [6, 6.07) is 14.6. The zero-order chi connectivity index (χ0) is 26.0. The Morgan fingerprint density at radius 1 is 1.06 bits per heavy atom. The minimum absolute atomic E-state index is 0.0641. The van der Waals surface area contributed by atoms with E-state index in [-0.39, 0.29) is 17.9 Å². The second-order valence-electron chi connectivity index (χ2n) is 10.6. The number of aryl methyl sites for hydroxylation is 1. The van der Waals surface area contributed by atoms with Gasteiger partial charge in [-0.05, 0) is 50.5 Å². The molecule has 0 spiro atoms. The van der Waals surface area contributed by atoms with Gasteiger partial charge in [0.2, 0.25) is 5.91 Å². The number of amides is 2. The highest BCUT2D eigenvalue weighted by Crippen LogP contribution is 2.24. The summed E-state index contributed by atoms with van der Waals surface area (Å²) in [5.74, 6) is 0.447. The molecule has 0 aliphatic carbocycles. The number of nitrogens with one attached hydrogen (secondary N) is 3. The van der Waals surface area contributed by atoms with E-state index in [0.29, 0.717) is 12.2 Å². The second-order valence-corrected chi connectivity index (χ2v) is 10.6. The van der Waals surface area contributed by atoms with Crippen molar-refractivity contribution in [3.05, 3.63) is 66.1 Å². The molecule has 2 amide bonds. The lowest BCUT2D eigenvalue weighted by Crippen LogP contribution is -2.50. The Morgan fingerprint density at radius 3 is 2.44 bits per heavy atom. The van der Waals surface area contributed by atoms with Gasteiger partial charge in [-0.2, -0.15) is 0 Å². The number of aromatic nitrogens is 3. The Labute approximate surface area is 211 Å². The number of fused-ring (bicyclic) bond motifs is 2. The van der Waals surface area contributed by atoms with Crippen molar-refractivity contribution in [3.63, 3.8) is 0 Å². The fraction of sp³-hybridized carbons (Fsp3) is 0.393. The number of nitrogens with zero attached hydrogens (tertiary/aromatic N) is 2. The number of ether oxygens (including phenoxy) is 1. The summed E-state index contributed by atoms with van der Waals surface area (Å²) in [4.78, 5) is 34.4. The molecule has 4 rings (SSSR count). The maximum Gasteiger partial charge on any atom is 0.408 e. The first-order chi connectivity index (χ1) is 17.0. The van der Waals surface area contributed by atoms with Crippen LogP contribution in [0.25, 0.3) is 21.9 Å². The van der Waals surface area contributed by atoms with Crippen LogP contribution in [0.3, 0.4) is 0 Å². The van der Waals surface area contributed by atoms with Gasteiger partial charge in [-0.25, -0.2) is 9.78 Å². The summed E-state index contributed by atoms with van der Waals surface area (Å²) in [7, 11) is 1.97. The molecule has 0 saturated heterocycles. The van der Waals surface area contributed by atoms with Crippen LogP contribution < -0.4 is 10.6 Å². The van der Waals surface area contributed by atoms with Gasteiger partial charge in [-0.15, -0.1) is 0 Å². The van der Waals surface area contributed by atoms with Gasteiger partial charge >= 0.3 is 6.09 Å². The van der Waals surface area contributed by atoms with Gasteiger partial charge in [-0.3, -0.25) is 4.79 Å². The highest BCUT2D eigenvalue weighted by molar-refractivity contribution is 5.89. The first kappa shape index (κ1) is 25.3. The van der Waals surface area contributed by atoms with Crippen molar-refractivity contribution in [2.45, 2.75) is 58.7 Å². The molecule has 36 heavy (non-hydrogen) atoms. The summed E-state index contributed by atoms with van der Waals surface area (Å²) in [5.41, 5.74) is 3.10. The number of rotatable bonds is 7. The number of aromatic amines is 1. The molecule has 2 atom stereocenters. The van der Waals surface area contributed by atoms with Gasteiger partial charge in [0.15, 0.2) is 0 Å². The van der Waals surface area contributed by atoms with E-state index >= 15 is 0 Å². The van der Waals surface area contributed by atoms with E-state index in [1.54, 1.807) is 20.8 Å². The average molecular weight is 490 g/mol. The summed E-state index contributed by atoms with van der Waals surface area (Å²) in [6.45, 7) is 9.44. The second kappa shape index (κ2) is 10.0. The molecule has 8 nitrogen and oxygen atoms in total. The summed E-state index contributed by atoms with van der Waals surface area (Å²) >= 11 is 0. The third-order valence-electron chi connectivity index (χ3n) is 6.08. The van der Waals surface area contributed by atoms with Crippen LogP contribution in [0.4, 0.5) is 4.79 Å². The van der Waals surface area contributed by atoms with Crippen molar-refractivity contribution >= 4 is 33.9 Å². The summed E-state index contributed by atoms with van der Waals surface area (Å²) < 4.78 is 7.50. The van der Waals surface area contributed by atoms with Gasteiger partial charge in [0, 0.05) is 30.6 Å². The van der Waals surface area contributed by atoms with E-state index in [1.165, 1.54) is 0 Å². The van der Waals surface area contributed by atoms with Gasteiger partial charge < -0.3 is 24.9 Å². The highest BCUT2D eigenvalue weighted by Gasteiger charge is 2.29. The summed E-state index contributed by atoms with van der Waals surface area (Å²) in [5, 5.41) is 6.98. The molecule has 4 aromatic rings. The minimum atomic E-state index is -0.837. The Balaban J connectivity index is 1.62. The van der Waals surface area contributed by atoms with E-state index in [9.17, 15) is 9.59 Å². The molecule has 0 aliphatic rings. The first-order valence-corrected chi connectivity index (χ1v) is 12.3. The van der Waals surface area contributed by atoms with E-state index in [0.717, 1.165) is 27.5 Å². The number of alkyl carbamates (subject to hydrolysis) is 1. The lowest BCUT2D eigenvalue weighted by molar-refractivity contribution is -0.124. The van der Waals surface area contributed by atoms with Crippen LogP contribution in [-0.2, 0) is 23.0 Å². The molecule has 3 N–H and O–H groups in total. The number of imidazole rings is 1. The molecule has 2 aromatic carbocycles. The predicted molar refractivity (Wildman–Crippen MR) is 142 cm³/mol. The third-order valence-corrected chi connectivity index (χ3v) is 6.08. The zero-order valence-electron chi connectivity index (χ0n) is 21.8. The minimum Gasteiger partial charge on any atom is -0.444 e. The largest absolute Gasteiger partial charge is 0.444 e. The smallest absolute Gasteiger partial charge is 0.408 e. The maximum absolute atomic E-state index is 13.7. The Bertz CT molecular complexity index is 1350. The predicted octanol–water partition coefficient (Wildman–Crippen LogP) is 5.00. The maximum atomic E-state index is 13.7. The van der Waals surface area contributed by atoms with Gasteiger partial charge in [-0.1, -0.05) is 44.2 Å². The lowest BCUT2D eigenvalue weighted by Gasteiger charge is -2.26. The summed E-state index contributed by atoms with van der Waals surface area (Å²) in [6.07, 6.45) is 1.69. The SMILES string of the molecule is CC(C)[C@@H](NC(=O)[C@H](Cc1cn(C)c2ccccc12)NC(=O)OC(C)(C)C)c1nc2ccccc2[nH]1. The van der Waals surface area contributed by atoms with Crippen LogP contribution in [-0.4, -0.2) is 38.2 Å². The number of carbonyl (C=O) groups is 2. The quantitative estimate of drug-likeness (QED) is 0.340. The number of carbonyl (C=O) groups excluding carboxylic acids is 2. The molecule has 0 bridgehead atoms. The fourth-order valence-electron chi connectivity index (χ4n) is 4.39. The van der Waals surface area contributed by atoms with Crippen LogP contribution >= 0.6 is 0 Å². The van der Waals surface area contributed by atoms with Gasteiger partial charge in [0.1, 0.15) is 17.5 Å². The normalized spacial score (nSPS) is 13.6. The Morgan fingerprint density at radius 2 is 1.75 bits per heavy atom. The number of para-hydroxylation sites is 3. The van der Waals surface area contributed by atoms with Crippen molar-refractivity contribution in [1.82, 2.24) is 25.2 Å². The monoisotopic (exact) mass is 489 g/mol. The van der Waals surface area contributed by atoms with E-state index < -0.39 is 17.7 Å². The molecule has 0 saturated carbocycles. The first-order valence-electron chi connectivity index (χ1n) is 12.3. The van der Waals surface area contributed by atoms with Crippen molar-refractivity contribution in [3.8, 4) is 0 Å². The molecular weight excluding hydrogens is 454 g/mol. The number of hydrogen-bond donors (Lipinski definition) is 3. The number of benzene rings is 2. The molecule has 2 aromatic heterocycles. The van der Waals surface area contributed by atoms with E-state index in [4.69, 9.17) is 9.72 Å². The molecule has 190 valence electrons. The molecule has 0 aliphatic heterocycles. The molecule has 0 radical (unpaired) electrons. The molecule has 2 heterocycles. The topological polar surface area (TPSA) is 101 Å². The Hall–Kier alpha value is -3.81. The molecular formula is C28H35N5O3. The van der Waals surface area contributed by atoms with Crippen LogP contribution in [0.5, 0.6) is 0 Å². The van der Waals surface area contributed by atoms with Crippen molar-refractivity contribution in [2.75, 3.05) is 0 Å². The average Bonchev–Trinajstić information content (AvgIpc) is 3.36. The van der Waals surface area contributed by atoms with Crippen LogP contribution in [0.1, 0.15) is 52.0 Å². The van der Waals surface area contributed by atoms with Gasteiger partial charge in [0.05, 0.1) is 17.1 Å². The number of H-pyrrole nitrogens is 1. The molecule has 8 heteroatoms.